The average molecular weight is 344 g/mol. The largest absolute Gasteiger partial charge is 0.493 e. The van der Waals surface area contributed by atoms with Crippen LogP contribution in [0.15, 0.2) is 40.8 Å². The smallest absolute Gasteiger partial charge is 0.315 e. The number of nitrogens with one attached hydrogen (secondary N) is 2. The van der Waals surface area contributed by atoms with Crippen LogP contribution in [0.25, 0.3) is 0 Å². The maximum atomic E-state index is 12.3. The van der Waals surface area contributed by atoms with E-state index in [1.165, 1.54) is 0 Å². The van der Waals surface area contributed by atoms with Gasteiger partial charge in [0.1, 0.15) is 22.9 Å². The summed E-state index contributed by atoms with van der Waals surface area (Å²) in [6, 6.07) is 10.8. The summed E-state index contributed by atoms with van der Waals surface area (Å²) < 4.78 is 11.2. The number of fused-ring (bicyclic) bond motifs is 1. The molecule has 2 atom stereocenters. The number of furan rings is 1. The van der Waals surface area contributed by atoms with E-state index < -0.39 is 5.60 Å². The number of benzene rings is 1. The Bertz CT molecular complexity index is 739. The number of urea groups is 1. The summed E-state index contributed by atoms with van der Waals surface area (Å²) in [5, 5.41) is 16.2. The van der Waals surface area contributed by atoms with Crippen LogP contribution in [0, 0.1) is 6.92 Å². The van der Waals surface area contributed by atoms with Gasteiger partial charge in [0.25, 0.3) is 0 Å². The molecule has 6 nitrogen and oxygen atoms in total. The van der Waals surface area contributed by atoms with E-state index in [4.69, 9.17) is 9.15 Å². The topological polar surface area (TPSA) is 83.7 Å². The maximum Gasteiger partial charge on any atom is 0.315 e. The van der Waals surface area contributed by atoms with E-state index in [0.717, 1.165) is 29.9 Å². The first kappa shape index (κ1) is 17.4. The highest BCUT2D eigenvalue weighted by Crippen LogP contribution is 2.31. The van der Waals surface area contributed by atoms with Gasteiger partial charge in [0.2, 0.25) is 0 Å². The fraction of sp³-hybridized carbons (Fsp3) is 0.421. The Morgan fingerprint density at radius 3 is 2.88 bits per heavy atom. The van der Waals surface area contributed by atoms with E-state index in [9.17, 15) is 9.90 Å². The van der Waals surface area contributed by atoms with Gasteiger partial charge in [-0.3, -0.25) is 0 Å². The summed E-state index contributed by atoms with van der Waals surface area (Å²) in [6.07, 6.45) is 1.67. The maximum absolute atomic E-state index is 12.3. The van der Waals surface area contributed by atoms with Crippen LogP contribution in [0.1, 0.15) is 42.9 Å². The summed E-state index contributed by atoms with van der Waals surface area (Å²) in [6.45, 7) is 4.12. The molecular weight excluding hydrogens is 320 g/mol. The van der Waals surface area contributed by atoms with Crippen LogP contribution in [-0.4, -0.2) is 24.3 Å². The Hall–Kier alpha value is -2.47. The number of para-hydroxylation sites is 1. The molecule has 0 bridgehead atoms. The third kappa shape index (κ3) is 4.14. The first-order valence-electron chi connectivity index (χ1n) is 8.51. The van der Waals surface area contributed by atoms with Gasteiger partial charge < -0.3 is 24.9 Å². The van der Waals surface area contributed by atoms with Gasteiger partial charge in [-0.05, 0) is 44.9 Å². The third-order valence-corrected chi connectivity index (χ3v) is 4.36. The quantitative estimate of drug-likeness (QED) is 0.796. The minimum atomic E-state index is -1.27. The fourth-order valence-corrected chi connectivity index (χ4v) is 2.95. The zero-order valence-corrected chi connectivity index (χ0v) is 14.5. The molecule has 0 aliphatic carbocycles. The molecule has 2 amide bonds. The van der Waals surface area contributed by atoms with Gasteiger partial charge in [0.15, 0.2) is 0 Å². The molecule has 2 aromatic rings. The van der Waals surface area contributed by atoms with E-state index >= 15 is 0 Å². The minimum Gasteiger partial charge on any atom is -0.493 e. The number of aryl methyl sites for hydroxylation is 1. The van der Waals surface area contributed by atoms with Gasteiger partial charge in [0.05, 0.1) is 19.2 Å². The van der Waals surface area contributed by atoms with Crippen molar-refractivity contribution in [2.75, 3.05) is 13.2 Å². The number of carbonyl (C=O) groups is 1. The molecule has 0 saturated heterocycles. The van der Waals surface area contributed by atoms with Gasteiger partial charge in [-0.1, -0.05) is 18.2 Å². The zero-order valence-electron chi connectivity index (χ0n) is 14.5. The van der Waals surface area contributed by atoms with E-state index in [1.807, 2.05) is 31.2 Å². The summed E-state index contributed by atoms with van der Waals surface area (Å²) >= 11 is 0. The molecule has 0 unspecified atom stereocenters. The molecule has 2 heterocycles. The molecular formula is C19H24N2O4. The van der Waals surface area contributed by atoms with Crippen molar-refractivity contribution in [1.29, 1.82) is 0 Å². The lowest BCUT2D eigenvalue weighted by Gasteiger charge is -2.23. The van der Waals surface area contributed by atoms with Crippen LogP contribution in [-0.2, 0) is 5.60 Å². The first-order chi connectivity index (χ1) is 12.0. The number of carbonyl (C=O) groups excluding carboxylic acids is 1. The highest BCUT2D eigenvalue weighted by molar-refractivity contribution is 5.74. The van der Waals surface area contributed by atoms with E-state index in [-0.39, 0.29) is 18.6 Å². The Labute approximate surface area is 147 Å². The van der Waals surface area contributed by atoms with Crippen LogP contribution in [0.5, 0.6) is 5.75 Å². The summed E-state index contributed by atoms with van der Waals surface area (Å²) in [5.41, 5.74) is -0.292. The lowest BCUT2D eigenvalue weighted by molar-refractivity contribution is 0.0359. The van der Waals surface area contributed by atoms with Crippen molar-refractivity contribution >= 4 is 6.03 Å². The summed E-state index contributed by atoms with van der Waals surface area (Å²) in [7, 11) is 0. The monoisotopic (exact) mass is 344 g/mol. The zero-order chi connectivity index (χ0) is 17.9. The van der Waals surface area contributed by atoms with Crippen LogP contribution < -0.4 is 15.4 Å². The van der Waals surface area contributed by atoms with Crippen molar-refractivity contribution in [3.05, 3.63) is 53.5 Å². The third-order valence-electron chi connectivity index (χ3n) is 4.36. The van der Waals surface area contributed by atoms with E-state index in [1.54, 1.807) is 19.1 Å². The van der Waals surface area contributed by atoms with Gasteiger partial charge in [-0.25, -0.2) is 4.79 Å². The first-order valence-corrected chi connectivity index (χ1v) is 8.51. The average Bonchev–Trinajstić information content (AvgIpc) is 2.94. The Morgan fingerprint density at radius 1 is 1.32 bits per heavy atom. The molecule has 134 valence electrons. The second-order valence-electron chi connectivity index (χ2n) is 6.59. The van der Waals surface area contributed by atoms with Gasteiger partial charge >= 0.3 is 6.03 Å². The number of rotatable bonds is 4. The molecule has 25 heavy (non-hydrogen) atoms. The molecule has 0 fully saturated rings. The van der Waals surface area contributed by atoms with Crippen molar-refractivity contribution < 1.29 is 19.1 Å². The predicted octanol–water partition coefficient (Wildman–Crippen LogP) is 3.01. The van der Waals surface area contributed by atoms with Gasteiger partial charge in [-0.2, -0.15) is 0 Å². The normalized spacial score (nSPS) is 19.1. The van der Waals surface area contributed by atoms with Crippen LogP contribution in [0.2, 0.25) is 0 Å². The predicted molar refractivity (Wildman–Crippen MR) is 93.5 cm³/mol. The Morgan fingerprint density at radius 2 is 2.12 bits per heavy atom. The molecule has 1 aliphatic rings. The molecule has 6 heteroatoms. The van der Waals surface area contributed by atoms with Crippen molar-refractivity contribution in [2.24, 2.45) is 0 Å². The molecule has 3 rings (SSSR count). The highest BCUT2D eigenvalue weighted by Gasteiger charge is 2.28. The molecule has 0 saturated carbocycles. The summed E-state index contributed by atoms with van der Waals surface area (Å²) in [4.78, 5) is 12.3. The molecule has 1 aromatic heterocycles. The van der Waals surface area contributed by atoms with Crippen molar-refractivity contribution in [1.82, 2.24) is 10.6 Å². The SMILES string of the molecule is Cc1ccc([C@@](C)(O)CNC(=O)N[C@@H]2CCCOc3ccccc32)o1. The number of hydrogen-bond donors (Lipinski definition) is 3. The van der Waals surface area contributed by atoms with E-state index in [2.05, 4.69) is 10.6 Å². The number of aliphatic hydroxyl groups is 1. The van der Waals surface area contributed by atoms with Crippen LogP contribution in [0.4, 0.5) is 4.79 Å². The van der Waals surface area contributed by atoms with Crippen molar-refractivity contribution in [3.63, 3.8) is 0 Å². The van der Waals surface area contributed by atoms with Crippen LogP contribution >= 0.6 is 0 Å². The Kier molecular flexibility index (Phi) is 4.99. The molecule has 0 radical (unpaired) electrons. The minimum absolute atomic E-state index is 0.0522. The van der Waals surface area contributed by atoms with Gasteiger partial charge in [-0.15, -0.1) is 0 Å². The number of amides is 2. The van der Waals surface area contributed by atoms with Crippen molar-refractivity contribution in [3.8, 4) is 5.75 Å². The van der Waals surface area contributed by atoms with Gasteiger partial charge in [0, 0.05) is 5.56 Å². The molecule has 0 spiro atoms. The van der Waals surface area contributed by atoms with Crippen molar-refractivity contribution in [2.45, 2.75) is 38.3 Å². The molecule has 3 N–H and O–H groups in total. The number of ether oxygens (including phenoxy) is 1. The number of hydrogen-bond acceptors (Lipinski definition) is 4. The second kappa shape index (κ2) is 7.19. The second-order valence-corrected chi connectivity index (χ2v) is 6.59. The molecule has 1 aromatic carbocycles. The lowest BCUT2D eigenvalue weighted by atomic mass is 10.0. The summed E-state index contributed by atoms with van der Waals surface area (Å²) in [5.74, 6) is 1.96. The fourth-order valence-electron chi connectivity index (χ4n) is 2.95. The van der Waals surface area contributed by atoms with E-state index in [0.29, 0.717) is 12.4 Å². The highest BCUT2D eigenvalue weighted by atomic mass is 16.5. The van der Waals surface area contributed by atoms with Crippen LogP contribution in [0.3, 0.4) is 0 Å². The lowest BCUT2D eigenvalue weighted by Crippen LogP contribution is -2.44. The standard InChI is InChI=1S/C19H24N2O4/c1-13-9-10-17(25-13)19(2,23)12-20-18(22)21-15-7-5-11-24-16-8-4-3-6-14(15)16/h3-4,6,8-10,15,23H,5,7,11-12H2,1-2H3,(H2,20,21,22)/t15-,19+/m1/s1. The molecule has 1 aliphatic heterocycles. The Balaban J connectivity index is 1.61.